The number of halogens is 2. The molecule has 10 heteroatoms. The molecule has 174 valence electrons. The lowest BCUT2D eigenvalue weighted by Gasteiger charge is -2.20. The van der Waals surface area contributed by atoms with Gasteiger partial charge in [0.2, 0.25) is 5.91 Å². The number of anilines is 1. The Morgan fingerprint density at radius 1 is 1.24 bits per heavy atom. The monoisotopic (exact) mass is 522 g/mol. The Morgan fingerprint density at radius 3 is 2.79 bits per heavy atom. The standard InChI is InChI=1S/C23H23ClN4O2S2.ClH/c1-30-18-5-8-20-21(15-18)32-23(26-20)28(12-2-11-27-13-10-25-16-27)22(29)9-14-31-19-6-3-17(24)4-7-19;/h3-8,10,13,15-16H,2,9,11-12,14H2,1H3;1H. The SMILES string of the molecule is COc1ccc2nc(N(CCCn3ccnc3)C(=O)CCSc3ccc(Cl)cc3)sc2c1.Cl. The Kier molecular flexibility index (Phi) is 9.43. The number of thiazole rings is 1. The molecule has 6 nitrogen and oxygen atoms in total. The number of fused-ring (bicyclic) bond motifs is 1. The summed E-state index contributed by atoms with van der Waals surface area (Å²) in [5.74, 6) is 1.55. The first-order valence-corrected chi connectivity index (χ1v) is 12.4. The second-order valence-corrected chi connectivity index (χ2v) is 9.70. The number of aromatic nitrogens is 3. The molecule has 2 aromatic carbocycles. The molecule has 33 heavy (non-hydrogen) atoms. The van der Waals surface area contributed by atoms with Crippen LogP contribution < -0.4 is 9.64 Å². The molecule has 0 saturated carbocycles. The van der Waals surface area contributed by atoms with Crippen LogP contribution in [0.1, 0.15) is 12.8 Å². The Morgan fingerprint density at radius 2 is 2.06 bits per heavy atom. The topological polar surface area (TPSA) is 60.2 Å². The number of aryl methyl sites for hydroxylation is 1. The maximum absolute atomic E-state index is 13.2. The van der Waals surface area contributed by atoms with Crippen molar-refractivity contribution in [1.29, 1.82) is 0 Å². The molecule has 0 fully saturated rings. The molecular formula is C23H24Cl2N4O2S2. The number of hydrogen-bond acceptors (Lipinski definition) is 6. The van der Waals surface area contributed by atoms with Gasteiger partial charge >= 0.3 is 0 Å². The van der Waals surface area contributed by atoms with E-state index in [4.69, 9.17) is 21.3 Å². The summed E-state index contributed by atoms with van der Waals surface area (Å²) in [6.45, 7) is 1.39. The van der Waals surface area contributed by atoms with Gasteiger partial charge in [0.25, 0.3) is 0 Å². The van der Waals surface area contributed by atoms with Gasteiger partial charge in [0.05, 0.1) is 23.7 Å². The minimum Gasteiger partial charge on any atom is -0.497 e. The number of nitrogens with zero attached hydrogens (tertiary/aromatic N) is 4. The number of imidazole rings is 1. The van der Waals surface area contributed by atoms with E-state index in [2.05, 4.69) is 4.98 Å². The fourth-order valence-corrected chi connectivity index (χ4v) is 5.22. The van der Waals surface area contributed by atoms with Crippen molar-refractivity contribution in [1.82, 2.24) is 14.5 Å². The van der Waals surface area contributed by atoms with E-state index < -0.39 is 0 Å². The van der Waals surface area contributed by atoms with E-state index in [-0.39, 0.29) is 18.3 Å². The Balaban J connectivity index is 0.00000306. The number of benzene rings is 2. The quantitative estimate of drug-likeness (QED) is 0.232. The molecule has 4 aromatic rings. The van der Waals surface area contributed by atoms with E-state index in [1.54, 1.807) is 31.4 Å². The van der Waals surface area contributed by atoms with Gasteiger partial charge < -0.3 is 9.30 Å². The summed E-state index contributed by atoms with van der Waals surface area (Å²) < 4.78 is 8.35. The maximum atomic E-state index is 13.2. The van der Waals surface area contributed by atoms with Gasteiger partial charge in [-0.25, -0.2) is 9.97 Å². The average molecular weight is 524 g/mol. The lowest BCUT2D eigenvalue weighted by Crippen LogP contribution is -2.32. The van der Waals surface area contributed by atoms with E-state index in [1.165, 1.54) is 11.3 Å². The predicted molar refractivity (Wildman–Crippen MR) is 139 cm³/mol. The molecule has 0 aliphatic rings. The van der Waals surface area contributed by atoms with E-state index in [0.717, 1.165) is 39.0 Å². The zero-order valence-electron chi connectivity index (χ0n) is 18.0. The van der Waals surface area contributed by atoms with Crippen molar-refractivity contribution < 1.29 is 9.53 Å². The maximum Gasteiger partial charge on any atom is 0.229 e. The molecule has 0 radical (unpaired) electrons. The van der Waals surface area contributed by atoms with Crippen LogP contribution in [-0.2, 0) is 11.3 Å². The van der Waals surface area contributed by atoms with Crippen molar-refractivity contribution in [2.75, 3.05) is 24.3 Å². The van der Waals surface area contributed by atoms with Crippen LogP contribution in [0.25, 0.3) is 10.2 Å². The number of carbonyl (C=O) groups excluding carboxylic acids is 1. The van der Waals surface area contributed by atoms with Crippen LogP contribution in [0.4, 0.5) is 5.13 Å². The van der Waals surface area contributed by atoms with E-state index in [9.17, 15) is 4.79 Å². The third-order valence-electron chi connectivity index (χ3n) is 4.87. The van der Waals surface area contributed by atoms with Crippen LogP contribution in [0.15, 0.2) is 66.1 Å². The van der Waals surface area contributed by atoms with Crippen LogP contribution in [0.2, 0.25) is 5.02 Å². The molecule has 2 aromatic heterocycles. The number of hydrogen-bond donors (Lipinski definition) is 0. The summed E-state index contributed by atoms with van der Waals surface area (Å²) in [6, 6.07) is 13.5. The van der Waals surface area contributed by atoms with Crippen molar-refractivity contribution in [3.8, 4) is 5.75 Å². The van der Waals surface area contributed by atoms with Crippen LogP contribution in [-0.4, -0.2) is 39.8 Å². The van der Waals surface area contributed by atoms with Gasteiger partial charge in [0.1, 0.15) is 5.75 Å². The minimum absolute atomic E-state index is 0. The molecule has 0 saturated heterocycles. The zero-order chi connectivity index (χ0) is 22.3. The summed E-state index contributed by atoms with van der Waals surface area (Å²) in [7, 11) is 1.65. The largest absolute Gasteiger partial charge is 0.497 e. The lowest BCUT2D eigenvalue weighted by molar-refractivity contribution is -0.118. The summed E-state index contributed by atoms with van der Waals surface area (Å²) in [5.41, 5.74) is 0.869. The Labute approximate surface area is 212 Å². The number of amides is 1. The fourth-order valence-electron chi connectivity index (χ4n) is 3.21. The molecular weight excluding hydrogens is 499 g/mol. The van der Waals surface area contributed by atoms with Crippen LogP contribution in [0, 0.1) is 0 Å². The summed E-state index contributed by atoms with van der Waals surface area (Å²) in [5, 5.41) is 1.43. The lowest BCUT2D eigenvalue weighted by atomic mass is 10.3. The summed E-state index contributed by atoms with van der Waals surface area (Å²) in [4.78, 5) is 24.9. The van der Waals surface area contributed by atoms with Crippen molar-refractivity contribution in [2.45, 2.75) is 24.3 Å². The number of ether oxygens (including phenoxy) is 1. The Hall–Kier alpha value is -2.26. The second kappa shape index (κ2) is 12.3. The molecule has 0 unspecified atom stereocenters. The highest BCUT2D eigenvalue weighted by atomic mass is 35.5. The number of methoxy groups -OCH3 is 1. The predicted octanol–water partition coefficient (Wildman–Crippen LogP) is 6.18. The third-order valence-corrected chi connectivity index (χ3v) is 7.18. The van der Waals surface area contributed by atoms with Crippen molar-refractivity contribution in [3.63, 3.8) is 0 Å². The number of rotatable bonds is 10. The van der Waals surface area contributed by atoms with Crippen molar-refractivity contribution in [3.05, 3.63) is 66.2 Å². The first kappa shape index (κ1) is 25.4. The highest BCUT2D eigenvalue weighted by Gasteiger charge is 2.19. The molecule has 4 rings (SSSR count). The average Bonchev–Trinajstić information content (AvgIpc) is 3.47. The molecule has 1 amide bonds. The molecule has 0 bridgehead atoms. The van der Waals surface area contributed by atoms with E-state index in [0.29, 0.717) is 23.7 Å². The molecule has 0 spiro atoms. The van der Waals surface area contributed by atoms with E-state index in [1.807, 2.05) is 58.1 Å². The van der Waals surface area contributed by atoms with Gasteiger partial charge in [0.15, 0.2) is 5.13 Å². The normalized spacial score (nSPS) is 10.7. The van der Waals surface area contributed by atoms with Gasteiger partial charge in [-0.05, 0) is 48.9 Å². The first-order chi connectivity index (χ1) is 15.6. The highest BCUT2D eigenvalue weighted by Crippen LogP contribution is 2.32. The molecule has 0 aliphatic heterocycles. The summed E-state index contributed by atoms with van der Waals surface area (Å²) in [6.07, 6.45) is 6.72. The summed E-state index contributed by atoms with van der Waals surface area (Å²) >= 11 is 9.12. The van der Waals surface area contributed by atoms with Crippen molar-refractivity contribution >= 4 is 68.4 Å². The van der Waals surface area contributed by atoms with Crippen LogP contribution in [0.5, 0.6) is 5.75 Å². The van der Waals surface area contributed by atoms with Crippen molar-refractivity contribution in [2.24, 2.45) is 0 Å². The Bertz CT molecular complexity index is 1170. The molecule has 0 atom stereocenters. The van der Waals surface area contributed by atoms with Gasteiger partial charge in [-0.15, -0.1) is 24.2 Å². The third kappa shape index (κ3) is 6.86. The molecule has 0 N–H and O–H groups in total. The second-order valence-electron chi connectivity index (χ2n) is 7.08. The number of thioether (sulfide) groups is 1. The number of carbonyl (C=O) groups is 1. The van der Waals surface area contributed by atoms with Gasteiger partial charge in [-0.3, -0.25) is 9.69 Å². The van der Waals surface area contributed by atoms with Crippen LogP contribution >= 0.6 is 47.1 Å². The smallest absolute Gasteiger partial charge is 0.229 e. The molecule has 0 aliphatic carbocycles. The minimum atomic E-state index is 0. The van der Waals surface area contributed by atoms with Gasteiger partial charge in [-0.2, -0.15) is 0 Å². The van der Waals surface area contributed by atoms with Gasteiger partial charge in [0, 0.05) is 47.6 Å². The molecule has 2 heterocycles. The van der Waals surface area contributed by atoms with Crippen LogP contribution in [0.3, 0.4) is 0 Å². The fraction of sp³-hybridized carbons (Fsp3) is 0.261. The van der Waals surface area contributed by atoms with E-state index >= 15 is 0 Å². The van der Waals surface area contributed by atoms with Gasteiger partial charge in [-0.1, -0.05) is 22.9 Å². The zero-order valence-corrected chi connectivity index (χ0v) is 21.2. The highest BCUT2D eigenvalue weighted by molar-refractivity contribution is 7.99. The first-order valence-electron chi connectivity index (χ1n) is 10.2.